The molecule has 0 spiro atoms. The van der Waals surface area contributed by atoms with Gasteiger partial charge in [0, 0.05) is 18.4 Å². The van der Waals surface area contributed by atoms with Crippen LogP contribution in [0, 0.1) is 6.92 Å². The van der Waals surface area contributed by atoms with Gasteiger partial charge in [-0.3, -0.25) is 9.59 Å². The molecule has 0 radical (unpaired) electrons. The quantitative estimate of drug-likeness (QED) is 0.876. The van der Waals surface area contributed by atoms with Crippen molar-refractivity contribution in [3.63, 3.8) is 0 Å². The number of amides is 2. The maximum atomic E-state index is 12.1. The van der Waals surface area contributed by atoms with Crippen LogP contribution in [0.3, 0.4) is 0 Å². The molecule has 4 nitrogen and oxygen atoms in total. The number of hydrogen-bond acceptors (Lipinski definition) is 2. The molecule has 0 saturated heterocycles. The highest BCUT2D eigenvalue weighted by Crippen LogP contribution is 2.13. The number of carbonyl (C=O) groups excluding carboxylic acids is 2. The predicted molar refractivity (Wildman–Crippen MR) is 84.3 cm³/mol. The Morgan fingerprint density at radius 1 is 1.05 bits per heavy atom. The molecule has 21 heavy (non-hydrogen) atoms. The summed E-state index contributed by atoms with van der Waals surface area (Å²) in [5.74, 6) is -0.556. The van der Waals surface area contributed by atoms with Crippen molar-refractivity contribution in [2.45, 2.75) is 13.3 Å². The Morgan fingerprint density at radius 3 is 2.43 bits per heavy atom. The first-order valence-electron chi connectivity index (χ1n) is 6.74. The van der Waals surface area contributed by atoms with Gasteiger partial charge in [0.15, 0.2) is 0 Å². The summed E-state index contributed by atoms with van der Waals surface area (Å²) in [5.41, 5.74) is 2.53. The van der Waals surface area contributed by atoms with Gasteiger partial charge in [-0.25, -0.2) is 0 Å². The Kier molecular flexibility index (Phi) is 4.72. The minimum absolute atomic E-state index is 0.181. The van der Waals surface area contributed by atoms with Crippen LogP contribution in [-0.4, -0.2) is 18.9 Å². The zero-order chi connectivity index (χ0) is 15.2. The number of rotatable bonds is 4. The van der Waals surface area contributed by atoms with Crippen molar-refractivity contribution in [3.8, 4) is 0 Å². The molecule has 0 aliphatic heterocycles. The summed E-state index contributed by atoms with van der Waals surface area (Å²) in [6, 6.07) is 16.7. The van der Waals surface area contributed by atoms with Gasteiger partial charge in [-0.15, -0.1) is 0 Å². The van der Waals surface area contributed by atoms with E-state index in [1.165, 1.54) is 4.90 Å². The molecule has 1 N–H and O–H groups in total. The molecule has 0 heterocycles. The van der Waals surface area contributed by atoms with E-state index in [9.17, 15) is 9.59 Å². The van der Waals surface area contributed by atoms with Crippen LogP contribution in [0.25, 0.3) is 0 Å². The number of aryl methyl sites for hydroxylation is 1. The second-order valence-corrected chi connectivity index (χ2v) is 4.88. The van der Waals surface area contributed by atoms with Gasteiger partial charge in [0.25, 0.3) is 0 Å². The van der Waals surface area contributed by atoms with Crippen LogP contribution >= 0.6 is 0 Å². The van der Waals surface area contributed by atoms with E-state index >= 15 is 0 Å². The molecular formula is C17H18N2O2. The van der Waals surface area contributed by atoms with E-state index < -0.39 is 0 Å². The second-order valence-electron chi connectivity index (χ2n) is 4.88. The number of hydrogen-bond donors (Lipinski definition) is 1. The molecule has 0 bridgehead atoms. The highest BCUT2D eigenvalue weighted by molar-refractivity contribution is 6.08. The lowest BCUT2D eigenvalue weighted by atomic mass is 10.2. The maximum Gasteiger partial charge on any atom is 0.236 e. The monoisotopic (exact) mass is 282 g/mol. The Balaban J connectivity index is 1.95. The van der Waals surface area contributed by atoms with E-state index in [0.29, 0.717) is 5.69 Å². The molecule has 2 aromatic carbocycles. The number of benzene rings is 2. The fourth-order valence-corrected chi connectivity index (χ4v) is 1.98. The molecule has 2 amide bonds. The van der Waals surface area contributed by atoms with Crippen LogP contribution in [0.5, 0.6) is 0 Å². The molecule has 2 aromatic rings. The van der Waals surface area contributed by atoms with E-state index in [4.69, 9.17) is 0 Å². The summed E-state index contributed by atoms with van der Waals surface area (Å²) in [6.07, 6.45) is -0.181. The minimum atomic E-state index is -0.312. The standard InChI is InChI=1S/C17H18N2O2/c1-13-7-6-8-14(11-13)18-16(20)12-17(21)19(2)15-9-4-3-5-10-15/h3-11H,12H2,1-2H3,(H,18,20). The van der Waals surface area contributed by atoms with Crippen molar-refractivity contribution < 1.29 is 9.59 Å². The number of carbonyl (C=O) groups is 2. The Bertz CT molecular complexity index is 638. The highest BCUT2D eigenvalue weighted by Gasteiger charge is 2.15. The SMILES string of the molecule is Cc1cccc(NC(=O)CC(=O)N(C)c2ccccc2)c1. The van der Waals surface area contributed by atoms with E-state index in [1.807, 2.05) is 55.5 Å². The summed E-state index contributed by atoms with van der Waals surface area (Å²) >= 11 is 0. The van der Waals surface area contributed by atoms with Crippen molar-refractivity contribution in [2.75, 3.05) is 17.3 Å². The third-order valence-electron chi connectivity index (χ3n) is 3.13. The van der Waals surface area contributed by atoms with Crippen molar-refractivity contribution in [2.24, 2.45) is 0 Å². The van der Waals surface area contributed by atoms with Gasteiger partial charge >= 0.3 is 0 Å². The van der Waals surface area contributed by atoms with Gasteiger partial charge in [0.2, 0.25) is 11.8 Å². The van der Waals surface area contributed by atoms with Crippen LogP contribution in [0.4, 0.5) is 11.4 Å². The smallest absolute Gasteiger partial charge is 0.236 e. The molecule has 2 rings (SSSR count). The van der Waals surface area contributed by atoms with Gasteiger partial charge < -0.3 is 10.2 Å². The molecule has 0 aliphatic carbocycles. The maximum absolute atomic E-state index is 12.1. The molecule has 0 fully saturated rings. The summed E-state index contributed by atoms with van der Waals surface area (Å²) in [5, 5.41) is 2.73. The first kappa shape index (κ1) is 14.8. The summed E-state index contributed by atoms with van der Waals surface area (Å²) in [7, 11) is 1.66. The first-order valence-corrected chi connectivity index (χ1v) is 6.74. The molecular weight excluding hydrogens is 264 g/mol. The van der Waals surface area contributed by atoms with Gasteiger partial charge in [-0.05, 0) is 36.8 Å². The summed E-state index contributed by atoms with van der Waals surface area (Å²) in [4.78, 5) is 25.5. The fourth-order valence-electron chi connectivity index (χ4n) is 1.98. The lowest BCUT2D eigenvalue weighted by molar-refractivity contribution is -0.125. The van der Waals surface area contributed by atoms with Gasteiger partial charge in [0.1, 0.15) is 6.42 Å². The number of nitrogens with zero attached hydrogens (tertiary/aromatic N) is 1. The van der Waals surface area contributed by atoms with Crippen LogP contribution < -0.4 is 10.2 Å². The predicted octanol–water partition coefficient (Wildman–Crippen LogP) is 2.99. The Hall–Kier alpha value is -2.62. The first-order chi connectivity index (χ1) is 10.1. The van der Waals surface area contributed by atoms with Crippen molar-refractivity contribution in [1.29, 1.82) is 0 Å². The van der Waals surface area contributed by atoms with Crippen LogP contribution in [0.15, 0.2) is 54.6 Å². The van der Waals surface area contributed by atoms with Gasteiger partial charge in [-0.2, -0.15) is 0 Å². The molecule has 0 aliphatic rings. The second kappa shape index (κ2) is 6.70. The van der Waals surface area contributed by atoms with E-state index in [0.717, 1.165) is 11.3 Å². The Labute approximate surface area is 124 Å². The molecule has 0 aromatic heterocycles. The molecule has 0 saturated carbocycles. The third-order valence-corrected chi connectivity index (χ3v) is 3.13. The van der Waals surface area contributed by atoms with Crippen molar-refractivity contribution in [3.05, 3.63) is 60.2 Å². The molecule has 4 heteroatoms. The Morgan fingerprint density at radius 2 is 1.76 bits per heavy atom. The lowest BCUT2D eigenvalue weighted by Crippen LogP contribution is -2.30. The topological polar surface area (TPSA) is 49.4 Å². The van der Waals surface area contributed by atoms with Gasteiger partial charge in [-0.1, -0.05) is 30.3 Å². The van der Waals surface area contributed by atoms with E-state index in [1.54, 1.807) is 13.1 Å². The van der Waals surface area contributed by atoms with Crippen LogP contribution in [0.2, 0.25) is 0 Å². The van der Waals surface area contributed by atoms with Crippen LogP contribution in [0.1, 0.15) is 12.0 Å². The average Bonchev–Trinajstić information content (AvgIpc) is 2.47. The third kappa shape index (κ3) is 4.18. The average molecular weight is 282 g/mol. The minimum Gasteiger partial charge on any atom is -0.326 e. The summed E-state index contributed by atoms with van der Waals surface area (Å²) in [6.45, 7) is 1.95. The number of nitrogens with one attached hydrogen (secondary N) is 1. The fraction of sp³-hybridized carbons (Fsp3) is 0.176. The summed E-state index contributed by atoms with van der Waals surface area (Å²) < 4.78 is 0. The lowest BCUT2D eigenvalue weighted by Gasteiger charge is -2.17. The molecule has 0 unspecified atom stereocenters. The number of para-hydroxylation sites is 1. The van der Waals surface area contributed by atoms with Crippen LogP contribution in [-0.2, 0) is 9.59 Å². The zero-order valence-corrected chi connectivity index (χ0v) is 12.2. The van der Waals surface area contributed by atoms with Crippen molar-refractivity contribution >= 4 is 23.2 Å². The zero-order valence-electron chi connectivity index (χ0n) is 12.2. The van der Waals surface area contributed by atoms with Gasteiger partial charge in [0.05, 0.1) is 0 Å². The van der Waals surface area contributed by atoms with E-state index in [2.05, 4.69) is 5.32 Å². The highest BCUT2D eigenvalue weighted by atomic mass is 16.2. The van der Waals surface area contributed by atoms with E-state index in [-0.39, 0.29) is 18.2 Å². The molecule has 0 atom stereocenters. The normalized spacial score (nSPS) is 10.0. The largest absolute Gasteiger partial charge is 0.326 e. The molecule has 108 valence electrons. The number of anilines is 2. The van der Waals surface area contributed by atoms with Crippen molar-refractivity contribution in [1.82, 2.24) is 0 Å².